The molecule has 0 aliphatic heterocycles. The van der Waals surface area contributed by atoms with Gasteiger partial charge in [-0.05, 0) is 66.6 Å². The third kappa shape index (κ3) is 4.42. The number of anilines is 2. The van der Waals surface area contributed by atoms with E-state index in [1.54, 1.807) is 6.08 Å². The highest BCUT2D eigenvalue weighted by Crippen LogP contribution is 2.33. The molecule has 0 spiro atoms. The molecule has 0 aliphatic carbocycles. The number of hydrogen-bond donors (Lipinski definition) is 0. The third-order valence-corrected chi connectivity index (χ3v) is 6.44. The highest BCUT2D eigenvalue weighted by atomic mass is 15.1. The lowest BCUT2D eigenvalue weighted by Gasteiger charge is -2.19. The molecule has 2 nitrogen and oxygen atoms in total. The molecule has 176 valence electrons. The molecule has 0 saturated carbocycles. The molecular weight excluding hydrogens is 436 g/mol. The van der Waals surface area contributed by atoms with E-state index in [1.165, 1.54) is 50.0 Å². The number of benzene rings is 5. The van der Waals surface area contributed by atoms with E-state index in [1.807, 2.05) is 13.0 Å². The van der Waals surface area contributed by atoms with Crippen molar-refractivity contribution in [2.45, 2.75) is 6.92 Å². The maximum atomic E-state index is 3.36. The van der Waals surface area contributed by atoms with Gasteiger partial charge in [0.25, 0.3) is 0 Å². The lowest BCUT2D eigenvalue weighted by Crippen LogP contribution is -2.08. The van der Waals surface area contributed by atoms with Gasteiger partial charge in [-0.2, -0.15) is 0 Å². The molecule has 0 bridgehead atoms. The van der Waals surface area contributed by atoms with Gasteiger partial charge < -0.3 is 9.47 Å². The Hall–Kier alpha value is -4.56. The Morgan fingerprint density at radius 1 is 0.556 bits per heavy atom. The fourth-order valence-corrected chi connectivity index (χ4v) is 4.68. The average Bonchev–Trinajstić information content (AvgIpc) is 3.28. The Kier molecular flexibility index (Phi) is 6.68. The van der Waals surface area contributed by atoms with E-state index in [4.69, 9.17) is 0 Å². The molecule has 0 atom stereocenters. The minimum absolute atomic E-state index is 1.17. The van der Waals surface area contributed by atoms with E-state index in [9.17, 15) is 0 Å². The van der Waals surface area contributed by atoms with E-state index in [2.05, 4.69) is 144 Å². The second-order valence-corrected chi connectivity index (χ2v) is 8.77. The quantitative estimate of drug-likeness (QED) is 0.235. The summed E-state index contributed by atoms with van der Waals surface area (Å²) < 4.78 is 2.35. The van der Waals surface area contributed by atoms with Gasteiger partial charge in [0, 0.05) is 34.9 Å². The predicted molar refractivity (Wildman–Crippen MR) is 157 cm³/mol. The highest BCUT2D eigenvalue weighted by molar-refractivity contribution is 6.09. The molecule has 0 radical (unpaired) electrons. The zero-order valence-electron chi connectivity index (χ0n) is 20.8. The molecule has 0 aliphatic rings. The molecule has 1 heterocycles. The van der Waals surface area contributed by atoms with Crippen LogP contribution in [0.15, 0.2) is 140 Å². The van der Waals surface area contributed by atoms with Gasteiger partial charge in [0.05, 0.1) is 11.0 Å². The summed E-state index contributed by atoms with van der Waals surface area (Å²) in [5.41, 5.74) is 8.44. The SMILES string of the molecule is C=CC.CN(c1ccccc1)c1ccc(-c2ccc(-n3c4ccccc4c4ccccc43)cc2)cc1. The van der Waals surface area contributed by atoms with E-state index in [0.29, 0.717) is 0 Å². The number of allylic oxidation sites excluding steroid dienone is 1. The summed E-state index contributed by atoms with van der Waals surface area (Å²) in [4.78, 5) is 2.20. The number of aromatic nitrogens is 1. The van der Waals surface area contributed by atoms with Crippen molar-refractivity contribution in [2.24, 2.45) is 0 Å². The van der Waals surface area contributed by atoms with Crippen LogP contribution >= 0.6 is 0 Å². The molecule has 0 saturated heterocycles. The van der Waals surface area contributed by atoms with Gasteiger partial charge in [-0.3, -0.25) is 0 Å². The van der Waals surface area contributed by atoms with Crippen molar-refractivity contribution in [1.82, 2.24) is 4.57 Å². The predicted octanol–water partition coefficient (Wildman–Crippen LogP) is 9.41. The second-order valence-electron chi connectivity index (χ2n) is 8.77. The van der Waals surface area contributed by atoms with Gasteiger partial charge in [0.1, 0.15) is 0 Å². The van der Waals surface area contributed by atoms with Crippen LogP contribution in [0.4, 0.5) is 11.4 Å². The fourth-order valence-electron chi connectivity index (χ4n) is 4.68. The summed E-state index contributed by atoms with van der Waals surface area (Å²) in [5, 5.41) is 2.57. The summed E-state index contributed by atoms with van der Waals surface area (Å²) >= 11 is 0. The molecule has 5 aromatic carbocycles. The van der Waals surface area contributed by atoms with Crippen molar-refractivity contribution in [3.05, 3.63) is 140 Å². The first-order chi connectivity index (χ1) is 17.7. The van der Waals surface area contributed by atoms with Crippen molar-refractivity contribution in [1.29, 1.82) is 0 Å². The summed E-state index contributed by atoms with van der Waals surface area (Å²) in [5.74, 6) is 0. The van der Waals surface area contributed by atoms with Crippen LogP contribution in [0.25, 0.3) is 38.6 Å². The monoisotopic (exact) mass is 466 g/mol. The number of fused-ring (bicyclic) bond motifs is 3. The molecule has 0 fully saturated rings. The number of hydrogen-bond acceptors (Lipinski definition) is 1. The fraction of sp³-hybridized carbons (Fsp3) is 0.0588. The Bertz CT molecular complexity index is 1540. The van der Waals surface area contributed by atoms with Gasteiger partial charge in [-0.25, -0.2) is 0 Å². The summed E-state index contributed by atoms with van der Waals surface area (Å²) in [6.07, 6.45) is 1.75. The largest absolute Gasteiger partial charge is 0.345 e. The van der Waals surface area contributed by atoms with Crippen molar-refractivity contribution in [2.75, 3.05) is 11.9 Å². The lowest BCUT2D eigenvalue weighted by atomic mass is 10.0. The minimum Gasteiger partial charge on any atom is -0.345 e. The third-order valence-electron chi connectivity index (χ3n) is 6.44. The lowest BCUT2D eigenvalue weighted by molar-refractivity contribution is 1.18. The average molecular weight is 467 g/mol. The standard InChI is InChI=1S/C31H24N2.C3H6/c1-32(25-9-3-2-4-10-25)26-19-15-23(16-20-26)24-17-21-27(22-18-24)33-30-13-7-5-11-28(30)29-12-6-8-14-31(29)33;1-3-2/h2-22H,1H3;3H,1H2,2H3. The molecule has 6 rings (SSSR count). The van der Waals surface area contributed by atoms with Gasteiger partial charge >= 0.3 is 0 Å². The van der Waals surface area contributed by atoms with Crippen LogP contribution in [0.2, 0.25) is 0 Å². The van der Waals surface area contributed by atoms with Crippen molar-refractivity contribution >= 4 is 33.2 Å². The summed E-state index contributed by atoms with van der Waals surface area (Å²) in [7, 11) is 2.10. The van der Waals surface area contributed by atoms with Crippen LogP contribution in [0.1, 0.15) is 6.92 Å². The molecular formula is C34H30N2. The molecule has 0 N–H and O–H groups in total. The number of para-hydroxylation sites is 3. The van der Waals surface area contributed by atoms with Crippen LogP contribution in [0, 0.1) is 0 Å². The second kappa shape index (κ2) is 10.4. The first kappa shape index (κ1) is 23.2. The van der Waals surface area contributed by atoms with Gasteiger partial charge in [-0.1, -0.05) is 84.9 Å². The van der Waals surface area contributed by atoms with Crippen molar-refractivity contribution in [3.8, 4) is 16.8 Å². The van der Waals surface area contributed by atoms with Crippen LogP contribution in [-0.2, 0) is 0 Å². The van der Waals surface area contributed by atoms with Crippen molar-refractivity contribution < 1.29 is 0 Å². The zero-order chi connectivity index (χ0) is 24.9. The van der Waals surface area contributed by atoms with Crippen molar-refractivity contribution in [3.63, 3.8) is 0 Å². The zero-order valence-corrected chi connectivity index (χ0v) is 20.8. The number of rotatable bonds is 4. The first-order valence-electron chi connectivity index (χ1n) is 12.3. The highest BCUT2D eigenvalue weighted by Gasteiger charge is 2.11. The van der Waals surface area contributed by atoms with Gasteiger partial charge in [0.15, 0.2) is 0 Å². The van der Waals surface area contributed by atoms with Crippen LogP contribution < -0.4 is 4.90 Å². The minimum atomic E-state index is 1.17. The van der Waals surface area contributed by atoms with E-state index in [-0.39, 0.29) is 0 Å². The molecule has 1 aromatic heterocycles. The molecule has 6 aromatic rings. The molecule has 0 amide bonds. The maximum Gasteiger partial charge on any atom is 0.0541 e. The Labute approximate surface area is 213 Å². The van der Waals surface area contributed by atoms with Crippen LogP contribution in [0.3, 0.4) is 0 Å². The molecule has 36 heavy (non-hydrogen) atoms. The first-order valence-corrected chi connectivity index (χ1v) is 12.3. The maximum absolute atomic E-state index is 3.36. The smallest absolute Gasteiger partial charge is 0.0541 e. The Balaban J connectivity index is 0.000000848. The van der Waals surface area contributed by atoms with E-state index in [0.717, 1.165) is 0 Å². The summed E-state index contributed by atoms with van der Waals surface area (Å²) in [6, 6.07) is 45.3. The molecule has 0 unspecified atom stereocenters. The van der Waals surface area contributed by atoms with Gasteiger partial charge in [-0.15, -0.1) is 6.58 Å². The van der Waals surface area contributed by atoms with Crippen LogP contribution in [0.5, 0.6) is 0 Å². The van der Waals surface area contributed by atoms with E-state index < -0.39 is 0 Å². The Morgan fingerprint density at radius 2 is 0.972 bits per heavy atom. The summed E-state index contributed by atoms with van der Waals surface area (Å²) in [6.45, 7) is 5.25. The normalized spacial score (nSPS) is 10.6. The number of nitrogens with zero attached hydrogens (tertiary/aromatic N) is 2. The van der Waals surface area contributed by atoms with Crippen LogP contribution in [-0.4, -0.2) is 11.6 Å². The van der Waals surface area contributed by atoms with Gasteiger partial charge in [0.2, 0.25) is 0 Å². The van der Waals surface area contributed by atoms with E-state index >= 15 is 0 Å². The molecule has 2 heteroatoms. The topological polar surface area (TPSA) is 8.17 Å². The Morgan fingerprint density at radius 3 is 1.50 bits per heavy atom.